The van der Waals surface area contributed by atoms with Gasteiger partial charge in [-0.1, -0.05) is 19.8 Å². The average Bonchev–Trinajstić information content (AvgIpc) is 3.13. The summed E-state index contributed by atoms with van der Waals surface area (Å²) >= 11 is 0. The Morgan fingerprint density at radius 3 is 2.23 bits per heavy atom. The minimum atomic E-state index is -0.426. The van der Waals surface area contributed by atoms with Gasteiger partial charge >= 0.3 is 0 Å². The van der Waals surface area contributed by atoms with Crippen LogP contribution in [0.4, 0.5) is 0 Å². The fraction of sp³-hybridized carbons (Fsp3) is 0.900. The molecule has 1 N–H and O–H groups in total. The van der Waals surface area contributed by atoms with E-state index >= 15 is 0 Å². The van der Waals surface area contributed by atoms with Gasteiger partial charge in [-0.25, -0.2) is 0 Å². The highest BCUT2D eigenvalue weighted by Crippen LogP contribution is 2.34. The smallest absolute Gasteiger partial charge is 0.225 e. The lowest BCUT2D eigenvalue weighted by atomic mass is 9.80. The largest absolute Gasteiger partial charge is 0.356 e. The molecule has 2 saturated heterocycles. The van der Waals surface area contributed by atoms with E-state index in [1.807, 2.05) is 4.90 Å². The predicted octanol–water partition coefficient (Wildman–Crippen LogP) is 2.46. The zero-order valence-electron chi connectivity index (χ0n) is 16.1. The van der Waals surface area contributed by atoms with Gasteiger partial charge < -0.3 is 19.7 Å². The monoisotopic (exact) mass is 366 g/mol. The number of hydrogen-bond acceptors (Lipinski definition) is 4. The van der Waals surface area contributed by atoms with Crippen molar-refractivity contribution in [1.29, 1.82) is 0 Å². The molecule has 3 rings (SSSR count). The van der Waals surface area contributed by atoms with Gasteiger partial charge in [-0.3, -0.25) is 9.59 Å². The maximum absolute atomic E-state index is 12.8. The van der Waals surface area contributed by atoms with Gasteiger partial charge in [0, 0.05) is 44.3 Å². The molecule has 0 unspecified atom stereocenters. The van der Waals surface area contributed by atoms with E-state index in [4.69, 9.17) is 9.47 Å². The summed E-state index contributed by atoms with van der Waals surface area (Å²) < 4.78 is 11.5. The molecule has 3 fully saturated rings. The standard InChI is InChI=1S/C20H34N2O4/c1-2-3-4-11-21-18(23)16-5-7-17(8-6-16)19(24)22-12-9-20(10-13-22)25-14-15-26-20/h16-17H,2-15H2,1H3,(H,21,23). The number of piperidine rings is 1. The lowest BCUT2D eigenvalue weighted by Gasteiger charge is -2.39. The fourth-order valence-corrected chi connectivity index (χ4v) is 4.45. The highest BCUT2D eigenvalue weighted by atomic mass is 16.7. The van der Waals surface area contributed by atoms with Crippen LogP contribution < -0.4 is 5.32 Å². The third-order valence-corrected chi connectivity index (χ3v) is 6.18. The number of hydrogen-bond donors (Lipinski definition) is 1. The van der Waals surface area contributed by atoms with E-state index < -0.39 is 5.79 Å². The van der Waals surface area contributed by atoms with Crippen molar-refractivity contribution in [3.05, 3.63) is 0 Å². The van der Waals surface area contributed by atoms with Crippen LogP contribution in [-0.2, 0) is 19.1 Å². The first-order valence-corrected chi connectivity index (χ1v) is 10.5. The summed E-state index contributed by atoms with van der Waals surface area (Å²) in [5.41, 5.74) is 0. The summed E-state index contributed by atoms with van der Waals surface area (Å²) in [7, 11) is 0. The summed E-state index contributed by atoms with van der Waals surface area (Å²) in [5, 5.41) is 3.06. The van der Waals surface area contributed by atoms with Crippen LogP contribution in [0, 0.1) is 11.8 Å². The van der Waals surface area contributed by atoms with Gasteiger partial charge in [-0.2, -0.15) is 0 Å². The molecule has 3 aliphatic rings. The summed E-state index contributed by atoms with van der Waals surface area (Å²) in [6.45, 7) is 5.71. The van der Waals surface area contributed by atoms with Gasteiger partial charge in [-0.15, -0.1) is 0 Å². The second-order valence-electron chi connectivity index (χ2n) is 7.98. The number of nitrogens with zero attached hydrogens (tertiary/aromatic N) is 1. The van der Waals surface area contributed by atoms with Crippen molar-refractivity contribution in [1.82, 2.24) is 10.2 Å². The highest BCUT2D eigenvalue weighted by molar-refractivity contribution is 5.81. The number of carbonyl (C=O) groups is 2. The van der Waals surface area contributed by atoms with Crippen LogP contribution in [0.3, 0.4) is 0 Å². The molecule has 0 aromatic carbocycles. The first-order valence-electron chi connectivity index (χ1n) is 10.5. The molecule has 1 aliphatic carbocycles. The Balaban J connectivity index is 1.38. The Morgan fingerprint density at radius 1 is 1.00 bits per heavy atom. The van der Waals surface area contributed by atoms with Gasteiger partial charge in [0.1, 0.15) is 0 Å². The second-order valence-corrected chi connectivity index (χ2v) is 7.98. The van der Waals surface area contributed by atoms with Crippen molar-refractivity contribution >= 4 is 11.8 Å². The van der Waals surface area contributed by atoms with Crippen LogP contribution >= 0.6 is 0 Å². The molecule has 1 saturated carbocycles. The van der Waals surface area contributed by atoms with Crippen LogP contribution in [0.15, 0.2) is 0 Å². The third kappa shape index (κ3) is 4.77. The zero-order chi connectivity index (χ0) is 18.4. The van der Waals surface area contributed by atoms with Crippen LogP contribution in [0.5, 0.6) is 0 Å². The minimum Gasteiger partial charge on any atom is -0.356 e. The maximum Gasteiger partial charge on any atom is 0.225 e. The molecule has 6 nitrogen and oxygen atoms in total. The van der Waals surface area contributed by atoms with E-state index in [2.05, 4.69) is 12.2 Å². The van der Waals surface area contributed by atoms with E-state index in [-0.39, 0.29) is 23.7 Å². The Bertz CT molecular complexity index is 472. The summed E-state index contributed by atoms with van der Waals surface area (Å²) in [6.07, 6.45) is 8.26. The molecule has 2 heterocycles. The summed E-state index contributed by atoms with van der Waals surface area (Å²) in [6, 6.07) is 0. The molecule has 0 bridgehead atoms. The molecule has 0 aromatic rings. The Hall–Kier alpha value is -1.14. The number of rotatable bonds is 6. The molecule has 6 heteroatoms. The normalized spacial score (nSPS) is 28.3. The first kappa shape index (κ1) is 19.6. The number of carbonyl (C=O) groups excluding carboxylic acids is 2. The van der Waals surface area contributed by atoms with Gasteiger partial charge in [0.25, 0.3) is 0 Å². The van der Waals surface area contributed by atoms with E-state index in [9.17, 15) is 9.59 Å². The van der Waals surface area contributed by atoms with Gasteiger partial charge in [0.2, 0.25) is 11.8 Å². The van der Waals surface area contributed by atoms with Crippen LogP contribution in [-0.4, -0.2) is 55.3 Å². The SMILES string of the molecule is CCCCCNC(=O)C1CCC(C(=O)N2CCC3(CC2)OCCO3)CC1. The Labute approximate surface area is 157 Å². The fourth-order valence-electron chi connectivity index (χ4n) is 4.45. The third-order valence-electron chi connectivity index (χ3n) is 6.18. The van der Waals surface area contributed by atoms with E-state index in [1.54, 1.807) is 0 Å². The average molecular weight is 367 g/mol. The van der Waals surface area contributed by atoms with Crippen molar-refractivity contribution in [3.63, 3.8) is 0 Å². The Morgan fingerprint density at radius 2 is 1.62 bits per heavy atom. The molecule has 2 aliphatic heterocycles. The number of ether oxygens (including phenoxy) is 2. The molecule has 148 valence electrons. The lowest BCUT2D eigenvalue weighted by molar-refractivity contribution is -0.188. The van der Waals surface area contributed by atoms with E-state index in [0.717, 1.165) is 71.0 Å². The van der Waals surface area contributed by atoms with Gasteiger partial charge in [0.05, 0.1) is 13.2 Å². The first-order chi connectivity index (χ1) is 12.6. The molecule has 0 radical (unpaired) electrons. The number of amides is 2. The van der Waals surface area contributed by atoms with Crippen LogP contribution in [0.2, 0.25) is 0 Å². The predicted molar refractivity (Wildman–Crippen MR) is 98.4 cm³/mol. The highest BCUT2D eigenvalue weighted by Gasteiger charge is 2.42. The number of likely N-dealkylation sites (tertiary alicyclic amines) is 1. The number of nitrogens with one attached hydrogen (secondary N) is 1. The van der Waals surface area contributed by atoms with Gasteiger partial charge in [-0.05, 0) is 32.1 Å². The van der Waals surface area contributed by atoms with Crippen molar-refractivity contribution < 1.29 is 19.1 Å². The molecule has 26 heavy (non-hydrogen) atoms. The minimum absolute atomic E-state index is 0.0820. The van der Waals surface area contributed by atoms with Crippen molar-refractivity contribution in [2.75, 3.05) is 32.8 Å². The van der Waals surface area contributed by atoms with Crippen molar-refractivity contribution in [2.45, 2.75) is 70.5 Å². The van der Waals surface area contributed by atoms with Gasteiger partial charge in [0.15, 0.2) is 5.79 Å². The summed E-state index contributed by atoms with van der Waals surface area (Å²) in [4.78, 5) is 27.0. The van der Waals surface area contributed by atoms with Crippen molar-refractivity contribution in [3.8, 4) is 0 Å². The molecule has 0 atom stereocenters. The van der Waals surface area contributed by atoms with Crippen LogP contribution in [0.1, 0.15) is 64.7 Å². The Kier molecular flexibility index (Phi) is 6.92. The lowest BCUT2D eigenvalue weighted by Crippen LogP contribution is -2.49. The quantitative estimate of drug-likeness (QED) is 0.733. The maximum atomic E-state index is 12.8. The molecule has 1 spiro atoms. The molecular formula is C20H34N2O4. The molecular weight excluding hydrogens is 332 g/mol. The van der Waals surface area contributed by atoms with E-state index in [0.29, 0.717) is 13.2 Å². The molecule has 2 amide bonds. The van der Waals surface area contributed by atoms with Crippen LogP contribution in [0.25, 0.3) is 0 Å². The number of unbranched alkanes of at least 4 members (excludes halogenated alkanes) is 2. The topological polar surface area (TPSA) is 67.9 Å². The second kappa shape index (κ2) is 9.18. The van der Waals surface area contributed by atoms with E-state index in [1.165, 1.54) is 6.42 Å². The summed E-state index contributed by atoms with van der Waals surface area (Å²) in [5.74, 6) is 0.191. The van der Waals surface area contributed by atoms with Crippen molar-refractivity contribution in [2.24, 2.45) is 11.8 Å². The molecule has 0 aromatic heterocycles. The zero-order valence-corrected chi connectivity index (χ0v) is 16.1.